The SMILES string of the molecule is C=CC1CCC(C2CCC(/C=C/C3CCC(C(F)(F)Oc4ccc(F)cc4)CC3)CC2)CC1. The molecular formula is C29H39F3O. The zero-order valence-corrected chi connectivity index (χ0v) is 19.7. The van der Waals surface area contributed by atoms with E-state index in [0.29, 0.717) is 24.7 Å². The highest BCUT2D eigenvalue weighted by Crippen LogP contribution is 2.43. The smallest absolute Gasteiger partial charge is 0.400 e. The van der Waals surface area contributed by atoms with Gasteiger partial charge in [0.15, 0.2) is 0 Å². The van der Waals surface area contributed by atoms with Gasteiger partial charge in [0.1, 0.15) is 11.6 Å². The van der Waals surface area contributed by atoms with Crippen molar-refractivity contribution in [3.63, 3.8) is 0 Å². The molecule has 0 atom stereocenters. The maximum Gasteiger partial charge on any atom is 0.400 e. The lowest BCUT2D eigenvalue weighted by molar-refractivity contribution is -0.223. The standard InChI is InChI=1S/C29H39F3O/c1-2-21-5-11-24(12-6-21)25-13-7-22(8-14-25)3-4-23-9-15-26(16-10-23)29(31,32)33-28-19-17-27(30)18-20-28/h2-4,17-26H,1,5-16H2/b4-3+. The average Bonchev–Trinajstić information content (AvgIpc) is 2.85. The second-order valence-electron chi connectivity index (χ2n) is 10.7. The molecule has 33 heavy (non-hydrogen) atoms. The van der Waals surface area contributed by atoms with Crippen LogP contribution in [0.5, 0.6) is 5.75 Å². The van der Waals surface area contributed by atoms with Gasteiger partial charge in [-0.15, -0.1) is 6.58 Å². The zero-order chi connectivity index (χ0) is 23.3. The summed E-state index contributed by atoms with van der Waals surface area (Å²) in [5, 5.41) is 0. The van der Waals surface area contributed by atoms with Gasteiger partial charge >= 0.3 is 6.11 Å². The van der Waals surface area contributed by atoms with Crippen LogP contribution in [0.1, 0.15) is 77.0 Å². The molecule has 3 aliphatic carbocycles. The number of ether oxygens (including phenoxy) is 1. The number of hydrogen-bond donors (Lipinski definition) is 0. The number of alkyl halides is 2. The highest BCUT2D eigenvalue weighted by atomic mass is 19.3. The first-order valence-corrected chi connectivity index (χ1v) is 13.1. The Morgan fingerprint density at radius 3 is 1.64 bits per heavy atom. The van der Waals surface area contributed by atoms with Crippen molar-refractivity contribution in [2.75, 3.05) is 0 Å². The molecule has 0 heterocycles. The van der Waals surface area contributed by atoms with Gasteiger partial charge in [-0.25, -0.2) is 4.39 Å². The van der Waals surface area contributed by atoms with Crippen molar-refractivity contribution in [3.05, 3.63) is 54.9 Å². The molecule has 0 saturated heterocycles. The van der Waals surface area contributed by atoms with E-state index in [9.17, 15) is 13.2 Å². The molecule has 0 spiro atoms. The predicted octanol–water partition coefficient (Wildman–Crippen LogP) is 8.96. The molecule has 182 valence electrons. The summed E-state index contributed by atoms with van der Waals surface area (Å²) in [7, 11) is 0. The molecule has 3 saturated carbocycles. The Kier molecular flexibility index (Phi) is 8.24. The maximum absolute atomic E-state index is 14.6. The highest BCUT2D eigenvalue weighted by Gasteiger charge is 2.43. The molecule has 0 radical (unpaired) electrons. The van der Waals surface area contributed by atoms with E-state index in [1.54, 1.807) is 0 Å². The van der Waals surface area contributed by atoms with E-state index < -0.39 is 17.8 Å². The van der Waals surface area contributed by atoms with E-state index in [2.05, 4.69) is 24.8 Å². The first-order chi connectivity index (χ1) is 15.9. The summed E-state index contributed by atoms with van der Waals surface area (Å²) in [4.78, 5) is 0. The molecule has 0 aliphatic heterocycles. The average molecular weight is 461 g/mol. The number of allylic oxidation sites excluding steroid dienone is 3. The van der Waals surface area contributed by atoms with Crippen LogP contribution < -0.4 is 4.74 Å². The van der Waals surface area contributed by atoms with E-state index in [1.807, 2.05) is 0 Å². The third kappa shape index (κ3) is 6.67. The van der Waals surface area contributed by atoms with Gasteiger partial charge < -0.3 is 4.74 Å². The van der Waals surface area contributed by atoms with Gasteiger partial charge in [0.2, 0.25) is 0 Å². The molecular weight excluding hydrogens is 421 g/mol. The molecule has 4 rings (SSSR count). The number of rotatable bonds is 7. The molecule has 4 heteroatoms. The fourth-order valence-corrected chi connectivity index (χ4v) is 6.37. The van der Waals surface area contributed by atoms with E-state index in [0.717, 1.165) is 42.7 Å². The summed E-state index contributed by atoms with van der Waals surface area (Å²) in [5.41, 5.74) is 0. The Balaban J connectivity index is 1.17. The quantitative estimate of drug-likeness (QED) is 0.369. The van der Waals surface area contributed by atoms with Gasteiger partial charge in [0.25, 0.3) is 0 Å². The second kappa shape index (κ2) is 11.1. The number of hydrogen-bond acceptors (Lipinski definition) is 1. The van der Waals surface area contributed by atoms with Crippen LogP contribution in [0.2, 0.25) is 0 Å². The minimum absolute atomic E-state index is 0.0211. The third-order valence-electron chi connectivity index (χ3n) is 8.60. The molecule has 1 aromatic rings. The van der Waals surface area contributed by atoms with Crippen molar-refractivity contribution >= 4 is 0 Å². The van der Waals surface area contributed by atoms with E-state index in [4.69, 9.17) is 4.74 Å². The predicted molar refractivity (Wildman–Crippen MR) is 128 cm³/mol. The van der Waals surface area contributed by atoms with Gasteiger partial charge in [-0.3, -0.25) is 0 Å². The molecule has 0 unspecified atom stereocenters. The Labute approximate surface area is 197 Å². The van der Waals surface area contributed by atoms with Crippen LogP contribution in [0.4, 0.5) is 13.2 Å². The van der Waals surface area contributed by atoms with Gasteiger partial charge in [0, 0.05) is 0 Å². The molecule has 0 amide bonds. The second-order valence-corrected chi connectivity index (χ2v) is 10.7. The first kappa shape index (κ1) is 24.4. The minimum atomic E-state index is -3.21. The topological polar surface area (TPSA) is 9.23 Å². The molecule has 3 fully saturated rings. The van der Waals surface area contributed by atoms with Crippen molar-refractivity contribution in [1.82, 2.24) is 0 Å². The van der Waals surface area contributed by atoms with Crippen LogP contribution in [0, 0.1) is 41.3 Å². The van der Waals surface area contributed by atoms with Crippen LogP contribution in [-0.2, 0) is 0 Å². The minimum Gasteiger partial charge on any atom is -0.432 e. The molecule has 0 N–H and O–H groups in total. The largest absolute Gasteiger partial charge is 0.432 e. The summed E-state index contributed by atoms with van der Waals surface area (Å²) >= 11 is 0. The molecule has 1 nitrogen and oxygen atoms in total. The number of halogens is 3. The van der Waals surface area contributed by atoms with Gasteiger partial charge in [-0.1, -0.05) is 18.2 Å². The Morgan fingerprint density at radius 2 is 1.15 bits per heavy atom. The summed E-state index contributed by atoms with van der Waals surface area (Å²) in [6.07, 6.45) is 16.8. The fraction of sp³-hybridized carbons (Fsp3) is 0.655. The van der Waals surface area contributed by atoms with Crippen molar-refractivity contribution in [2.45, 2.75) is 83.2 Å². The van der Waals surface area contributed by atoms with E-state index in [1.165, 1.54) is 63.5 Å². The fourth-order valence-electron chi connectivity index (χ4n) is 6.37. The lowest BCUT2D eigenvalue weighted by Crippen LogP contribution is -2.37. The number of benzene rings is 1. The lowest BCUT2D eigenvalue weighted by Gasteiger charge is -2.37. The molecule has 1 aromatic carbocycles. The molecule has 3 aliphatic rings. The molecule has 0 aromatic heterocycles. The van der Waals surface area contributed by atoms with Crippen molar-refractivity contribution < 1.29 is 17.9 Å². The van der Waals surface area contributed by atoms with Crippen molar-refractivity contribution in [2.24, 2.45) is 35.5 Å². The normalized spacial score (nSPS) is 33.7. The summed E-state index contributed by atoms with van der Waals surface area (Å²) < 4.78 is 47.1. The monoisotopic (exact) mass is 460 g/mol. The van der Waals surface area contributed by atoms with Crippen LogP contribution in [0.25, 0.3) is 0 Å². The summed E-state index contributed by atoms with van der Waals surface area (Å²) in [5.74, 6) is 2.40. The van der Waals surface area contributed by atoms with E-state index in [-0.39, 0.29) is 5.75 Å². The zero-order valence-electron chi connectivity index (χ0n) is 19.7. The van der Waals surface area contributed by atoms with Crippen LogP contribution in [-0.4, -0.2) is 6.11 Å². The Bertz CT molecular complexity index is 763. The molecule has 0 bridgehead atoms. The third-order valence-corrected chi connectivity index (χ3v) is 8.60. The van der Waals surface area contributed by atoms with Crippen LogP contribution in [0.15, 0.2) is 49.1 Å². The summed E-state index contributed by atoms with van der Waals surface area (Å²) in [6, 6.07) is 4.82. The Hall–Kier alpha value is -1.71. The van der Waals surface area contributed by atoms with Gasteiger partial charge in [-0.2, -0.15) is 8.78 Å². The maximum atomic E-state index is 14.6. The summed E-state index contributed by atoms with van der Waals surface area (Å²) in [6.45, 7) is 3.96. The van der Waals surface area contributed by atoms with Crippen LogP contribution >= 0.6 is 0 Å². The highest BCUT2D eigenvalue weighted by molar-refractivity contribution is 5.22. The van der Waals surface area contributed by atoms with Gasteiger partial charge in [0.05, 0.1) is 5.92 Å². The van der Waals surface area contributed by atoms with Gasteiger partial charge in [-0.05, 0) is 131 Å². The lowest BCUT2D eigenvalue weighted by atomic mass is 9.69. The Morgan fingerprint density at radius 1 is 0.697 bits per heavy atom. The van der Waals surface area contributed by atoms with E-state index >= 15 is 0 Å². The first-order valence-electron chi connectivity index (χ1n) is 13.1. The van der Waals surface area contributed by atoms with Crippen molar-refractivity contribution in [1.29, 1.82) is 0 Å². The van der Waals surface area contributed by atoms with Crippen molar-refractivity contribution in [3.8, 4) is 5.75 Å². The van der Waals surface area contributed by atoms with Crippen LogP contribution in [0.3, 0.4) is 0 Å².